The first kappa shape index (κ1) is 24.5. The molecule has 4 rings (SSSR count). The molecule has 1 N–H and O–H groups in total. The quantitative estimate of drug-likeness (QED) is 0.433. The molecule has 1 aromatic carbocycles. The number of thioether (sulfide) groups is 1. The van der Waals surface area contributed by atoms with E-state index < -0.39 is 17.6 Å². The van der Waals surface area contributed by atoms with Crippen molar-refractivity contribution in [3.63, 3.8) is 0 Å². The lowest BCUT2D eigenvalue weighted by Gasteiger charge is -2.26. The Morgan fingerprint density at radius 1 is 1.18 bits per heavy atom. The fourth-order valence-electron chi connectivity index (χ4n) is 3.75. The minimum absolute atomic E-state index is 0.187. The molecule has 2 fully saturated rings. The standard InChI is InChI=1S/C23H22F3N3O3S2/c24-23(25,26)16-6-4-5-15(13-16)18-8-7-17(32-18)14-19-21(31)29(22(33)34-19)27-20(30)9-12-28-10-2-1-3-11-28/h4-8,13-14H,1-3,9-12H2,(H,27,30)/b19-14+. The number of carbonyl (C=O) groups is 2. The Balaban J connectivity index is 1.39. The third-order valence-corrected chi connectivity index (χ3v) is 6.81. The van der Waals surface area contributed by atoms with Crippen LogP contribution >= 0.6 is 24.0 Å². The average molecular weight is 510 g/mol. The number of hydrogen-bond acceptors (Lipinski definition) is 6. The van der Waals surface area contributed by atoms with Crippen molar-refractivity contribution in [2.45, 2.75) is 31.9 Å². The van der Waals surface area contributed by atoms with E-state index in [1.165, 1.54) is 30.7 Å². The molecule has 0 aliphatic carbocycles. The van der Waals surface area contributed by atoms with Crippen molar-refractivity contribution in [3.8, 4) is 11.3 Å². The number of carbonyl (C=O) groups excluding carboxylic acids is 2. The van der Waals surface area contributed by atoms with E-state index in [1.54, 1.807) is 6.07 Å². The lowest BCUT2D eigenvalue weighted by molar-refractivity contribution is -0.137. The lowest BCUT2D eigenvalue weighted by Crippen LogP contribution is -2.46. The van der Waals surface area contributed by atoms with E-state index in [0.29, 0.717) is 6.54 Å². The van der Waals surface area contributed by atoms with E-state index in [2.05, 4.69) is 10.3 Å². The maximum absolute atomic E-state index is 13.0. The normalized spacial score (nSPS) is 18.7. The minimum atomic E-state index is -4.46. The van der Waals surface area contributed by atoms with Gasteiger partial charge in [0, 0.05) is 24.6 Å². The molecule has 0 radical (unpaired) electrons. The zero-order chi connectivity index (χ0) is 24.3. The first-order valence-corrected chi connectivity index (χ1v) is 12.0. The van der Waals surface area contributed by atoms with E-state index in [4.69, 9.17) is 16.6 Å². The summed E-state index contributed by atoms with van der Waals surface area (Å²) in [6.45, 7) is 2.58. The highest BCUT2D eigenvalue weighted by Gasteiger charge is 2.34. The number of benzene rings is 1. The Hall–Kier alpha value is -2.63. The summed E-state index contributed by atoms with van der Waals surface area (Å²) in [6, 6.07) is 7.89. The molecular weight excluding hydrogens is 487 g/mol. The number of rotatable bonds is 6. The topological polar surface area (TPSA) is 65.8 Å². The summed E-state index contributed by atoms with van der Waals surface area (Å²) in [7, 11) is 0. The number of thiocarbonyl (C=S) groups is 1. The Kier molecular flexibility index (Phi) is 7.44. The van der Waals surface area contributed by atoms with E-state index in [0.717, 1.165) is 54.8 Å². The van der Waals surface area contributed by atoms with E-state index in [1.807, 2.05) is 0 Å². The molecule has 0 atom stereocenters. The van der Waals surface area contributed by atoms with Gasteiger partial charge in [-0.15, -0.1) is 0 Å². The van der Waals surface area contributed by atoms with Crippen LogP contribution in [0.4, 0.5) is 13.2 Å². The van der Waals surface area contributed by atoms with Gasteiger partial charge in [-0.25, -0.2) is 0 Å². The smallest absolute Gasteiger partial charge is 0.416 e. The molecule has 2 aromatic rings. The molecule has 2 amide bonds. The van der Waals surface area contributed by atoms with Gasteiger partial charge in [0.15, 0.2) is 4.32 Å². The zero-order valence-electron chi connectivity index (χ0n) is 18.1. The maximum atomic E-state index is 13.0. The van der Waals surface area contributed by atoms with Crippen LogP contribution in [-0.2, 0) is 15.8 Å². The summed E-state index contributed by atoms with van der Waals surface area (Å²) in [4.78, 5) is 27.6. The minimum Gasteiger partial charge on any atom is -0.457 e. The van der Waals surface area contributed by atoms with Gasteiger partial charge in [0.25, 0.3) is 5.91 Å². The number of furan rings is 1. The number of nitrogens with zero attached hydrogens (tertiary/aromatic N) is 2. The van der Waals surface area contributed by atoms with Crippen LogP contribution < -0.4 is 5.43 Å². The van der Waals surface area contributed by atoms with Crippen molar-refractivity contribution in [2.75, 3.05) is 19.6 Å². The summed E-state index contributed by atoms with van der Waals surface area (Å²) in [5, 5.41) is 1.04. The van der Waals surface area contributed by atoms with Crippen LogP contribution in [0.5, 0.6) is 0 Å². The molecule has 180 valence electrons. The molecule has 6 nitrogen and oxygen atoms in total. The van der Waals surface area contributed by atoms with Gasteiger partial charge in [-0.1, -0.05) is 30.3 Å². The molecule has 1 aromatic heterocycles. The van der Waals surface area contributed by atoms with Crippen LogP contribution in [0.1, 0.15) is 37.0 Å². The van der Waals surface area contributed by atoms with Crippen LogP contribution in [0.25, 0.3) is 17.4 Å². The van der Waals surface area contributed by atoms with Gasteiger partial charge in [-0.3, -0.25) is 15.0 Å². The van der Waals surface area contributed by atoms with E-state index >= 15 is 0 Å². The van der Waals surface area contributed by atoms with Gasteiger partial charge in [0.2, 0.25) is 5.91 Å². The number of piperidine rings is 1. The highest BCUT2D eigenvalue weighted by atomic mass is 32.2. The van der Waals surface area contributed by atoms with Gasteiger partial charge >= 0.3 is 6.18 Å². The van der Waals surface area contributed by atoms with Gasteiger partial charge in [-0.2, -0.15) is 18.2 Å². The molecule has 0 bridgehead atoms. The molecule has 2 aliphatic heterocycles. The van der Waals surface area contributed by atoms with Crippen LogP contribution in [-0.4, -0.2) is 45.7 Å². The molecule has 0 unspecified atom stereocenters. The predicted octanol–water partition coefficient (Wildman–Crippen LogP) is 5.07. The Labute approximate surface area is 204 Å². The van der Waals surface area contributed by atoms with Crippen molar-refractivity contribution in [3.05, 3.63) is 52.6 Å². The van der Waals surface area contributed by atoms with Crippen molar-refractivity contribution >= 4 is 46.2 Å². The Morgan fingerprint density at radius 3 is 2.68 bits per heavy atom. The van der Waals surface area contributed by atoms with Crippen molar-refractivity contribution in [1.82, 2.24) is 15.3 Å². The first-order valence-electron chi connectivity index (χ1n) is 10.8. The largest absolute Gasteiger partial charge is 0.457 e. The number of halogens is 3. The monoisotopic (exact) mass is 509 g/mol. The third-order valence-electron chi connectivity index (χ3n) is 5.51. The fourth-order valence-corrected chi connectivity index (χ4v) is 4.91. The van der Waals surface area contributed by atoms with Crippen molar-refractivity contribution < 1.29 is 27.2 Å². The molecule has 0 spiro atoms. The molecule has 0 saturated carbocycles. The number of likely N-dealkylation sites (tertiary alicyclic amines) is 1. The first-order chi connectivity index (χ1) is 16.2. The van der Waals surface area contributed by atoms with Gasteiger partial charge < -0.3 is 9.32 Å². The van der Waals surface area contributed by atoms with Crippen LogP contribution in [0.3, 0.4) is 0 Å². The van der Waals surface area contributed by atoms with Crippen LogP contribution in [0, 0.1) is 0 Å². The third kappa shape index (κ3) is 5.89. The maximum Gasteiger partial charge on any atom is 0.416 e. The molecular formula is C23H22F3N3O3S2. The van der Waals surface area contributed by atoms with Crippen LogP contribution in [0.2, 0.25) is 0 Å². The molecule has 2 saturated heterocycles. The highest BCUT2D eigenvalue weighted by Crippen LogP contribution is 2.35. The Morgan fingerprint density at radius 2 is 1.94 bits per heavy atom. The average Bonchev–Trinajstić information content (AvgIpc) is 3.38. The van der Waals surface area contributed by atoms with E-state index in [9.17, 15) is 22.8 Å². The Bertz CT molecular complexity index is 1120. The second kappa shape index (κ2) is 10.3. The van der Waals surface area contributed by atoms with Gasteiger partial charge in [0.1, 0.15) is 11.5 Å². The van der Waals surface area contributed by atoms with Crippen molar-refractivity contribution in [2.24, 2.45) is 0 Å². The summed E-state index contributed by atoms with van der Waals surface area (Å²) in [5.41, 5.74) is 2.05. The predicted molar refractivity (Wildman–Crippen MR) is 127 cm³/mol. The summed E-state index contributed by atoms with van der Waals surface area (Å²) in [6.07, 6.45) is 0.720. The number of alkyl halides is 3. The number of nitrogens with one attached hydrogen (secondary N) is 1. The van der Waals surface area contributed by atoms with Gasteiger partial charge in [-0.05, 0) is 62.4 Å². The van der Waals surface area contributed by atoms with Gasteiger partial charge in [0.05, 0.1) is 10.5 Å². The molecule has 11 heteroatoms. The molecule has 2 aliphatic rings. The summed E-state index contributed by atoms with van der Waals surface area (Å²) < 4.78 is 44.8. The van der Waals surface area contributed by atoms with Crippen molar-refractivity contribution in [1.29, 1.82) is 0 Å². The van der Waals surface area contributed by atoms with E-state index in [-0.39, 0.29) is 38.6 Å². The highest BCUT2D eigenvalue weighted by molar-refractivity contribution is 8.26. The second-order valence-electron chi connectivity index (χ2n) is 7.98. The lowest BCUT2D eigenvalue weighted by atomic mass is 10.1. The molecule has 34 heavy (non-hydrogen) atoms. The number of amides is 2. The summed E-state index contributed by atoms with van der Waals surface area (Å²) in [5.74, 6) is -0.269. The number of hydrogen-bond donors (Lipinski definition) is 1. The fraction of sp³-hybridized carbons (Fsp3) is 0.348. The second-order valence-corrected chi connectivity index (χ2v) is 9.66. The number of hydrazine groups is 1. The van der Waals surface area contributed by atoms with Crippen LogP contribution in [0.15, 0.2) is 45.7 Å². The SMILES string of the molecule is O=C(CCN1CCCCC1)NN1C(=O)/C(=C\c2ccc(-c3cccc(C(F)(F)F)c3)o2)SC1=S. The zero-order valence-corrected chi connectivity index (χ0v) is 19.7. The summed E-state index contributed by atoms with van der Waals surface area (Å²) >= 11 is 6.25. The molecule has 3 heterocycles.